The first-order valence-corrected chi connectivity index (χ1v) is 4.70. The summed E-state index contributed by atoms with van der Waals surface area (Å²) in [4.78, 5) is 22.0. The monoisotopic (exact) mass is 190 g/mol. The Balaban J connectivity index is 2.08. The molecule has 0 spiro atoms. The predicted molar refractivity (Wildman–Crippen MR) is 48.6 cm³/mol. The summed E-state index contributed by atoms with van der Waals surface area (Å²) in [7, 11) is 0. The second kappa shape index (κ2) is 2.75. The highest BCUT2D eigenvalue weighted by Crippen LogP contribution is 2.20. The average molecular weight is 190 g/mol. The van der Waals surface area contributed by atoms with Gasteiger partial charge in [0.1, 0.15) is 5.69 Å². The van der Waals surface area contributed by atoms with Gasteiger partial charge in [0, 0.05) is 31.9 Å². The van der Waals surface area contributed by atoms with E-state index in [2.05, 4.69) is 15.3 Å². The second-order valence-corrected chi connectivity index (χ2v) is 3.52. The topological polar surface area (TPSA) is 58.1 Å². The lowest BCUT2D eigenvalue weighted by Crippen LogP contribution is -2.46. The third-order valence-corrected chi connectivity index (χ3v) is 2.73. The van der Waals surface area contributed by atoms with Crippen molar-refractivity contribution in [1.29, 1.82) is 0 Å². The largest absolute Gasteiger partial charge is 0.320 e. The van der Waals surface area contributed by atoms with Crippen LogP contribution in [0, 0.1) is 0 Å². The average Bonchev–Trinajstić information content (AvgIpc) is 2.66. The fourth-order valence-electron chi connectivity index (χ4n) is 2.06. The maximum Gasteiger partial charge on any atom is 0.275 e. The first kappa shape index (κ1) is 7.87. The molecule has 1 aromatic rings. The Bertz CT molecular complexity index is 392. The molecule has 0 aliphatic carbocycles. The van der Waals surface area contributed by atoms with Crippen LogP contribution in [0.5, 0.6) is 0 Å². The third-order valence-electron chi connectivity index (χ3n) is 2.73. The molecule has 5 nitrogen and oxygen atoms in total. The summed E-state index contributed by atoms with van der Waals surface area (Å²) in [5, 5.41) is 3.27. The summed E-state index contributed by atoms with van der Waals surface area (Å²) in [5.41, 5.74) is 1.33. The molecule has 0 saturated carbocycles. The molecule has 1 unspecified atom stereocenters. The molecule has 2 aliphatic rings. The lowest BCUT2D eigenvalue weighted by molar-refractivity contribution is 0.0695. The molecule has 0 aromatic carbocycles. The highest BCUT2D eigenvalue weighted by atomic mass is 16.2. The summed E-state index contributed by atoms with van der Waals surface area (Å²) in [5.74, 6) is 0.00866. The van der Waals surface area contributed by atoms with Gasteiger partial charge in [-0.2, -0.15) is 0 Å². The summed E-state index contributed by atoms with van der Waals surface area (Å²) in [6, 6.07) is 0. The summed E-state index contributed by atoms with van der Waals surface area (Å²) in [6.07, 6.45) is 4.11. The fraction of sp³-hybridized carbons (Fsp3) is 0.444. The molecule has 0 bridgehead atoms. The van der Waals surface area contributed by atoms with Crippen LogP contribution in [0.4, 0.5) is 0 Å². The molecule has 0 radical (unpaired) electrons. The summed E-state index contributed by atoms with van der Waals surface area (Å²) < 4.78 is 0. The summed E-state index contributed by atoms with van der Waals surface area (Å²) >= 11 is 0. The van der Waals surface area contributed by atoms with Crippen LogP contribution in [-0.2, 0) is 6.42 Å². The van der Waals surface area contributed by atoms with Gasteiger partial charge >= 0.3 is 0 Å². The van der Waals surface area contributed by atoms with E-state index in [9.17, 15) is 4.79 Å². The molecular weight excluding hydrogens is 180 g/mol. The first-order chi connectivity index (χ1) is 6.86. The normalized spacial score (nSPS) is 24.7. The fourth-order valence-corrected chi connectivity index (χ4v) is 2.06. The van der Waals surface area contributed by atoms with E-state index in [0.717, 1.165) is 25.2 Å². The van der Waals surface area contributed by atoms with Crippen LogP contribution in [0.3, 0.4) is 0 Å². The van der Waals surface area contributed by atoms with Crippen molar-refractivity contribution in [2.24, 2.45) is 0 Å². The van der Waals surface area contributed by atoms with E-state index in [0.29, 0.717) is 5.69 Å². The van der Waals surface area contributed by atoms with Crippen LogP contribution in [0.15, 0.2) is 12.4 Å². The third kappa shape index (κ3) is 0.957. The lowest BCUT2D eigenvalue weighted by Gasteiger charge is -2.28. The molecule has 3 heterocycles. The number of amides is 1. The molecule has 1 fully saturated rings. The first-order valence-electron chi connectivity index (χ1n) is 4.70. The minimum absolute atomic E-state index is 0.00866. The number of fused-ring (bicyclic) bond motifs is 2. The van der Waals surface area contributed by atoms with Gasteiger partial charge < -0.3 is 4.90 Å². The summed E-state index contributed by atoms with van der Waals surface area (Å²) in [6.45, 7) is 1.64. The molecular formula is C9H10N4O. The van der Waals surface area contributed by atoms with E-state index in [1.807, 2.05) is 4.90 Å². The highest BCUT2D eigenvalue weighted by Gasteiger charge is 2.36. The zero-order valence-corrected chi connectivity index (χ0v) is 7.60. The SMILES string of the molecule is O=C1c2nccnc2CC2NCCN12. The minimum atomic E-state index is 0.00866. The van der Waals surface area contributed by atoms with Crippen molar-refractivity contribution in [3.05, 3.63) is 23.8 Å². The van der Waals surface area contributed by atoms with Gasteiger partial charge in [-0.3, -0.25) is 15.1 Å². The Morgan fingerprint density at radius 1 is 1.43 bits per heavy atom. The van der Waals surface area contributed by atoms with Crippen LogP contribution < -0.4 is 5.32 Å². The van der Waals surface area contributed by atoms with Crippen LogP contribution >= 0.6 is 0 Å². The zero-order valence-electron chi connectivity index (χ0n) is 7.60. The molecule has 1 N–H and O–H groups in total. The Labute approximate surface area is 81.2 Å². The van der Waals surface area contributed by atoms with Crippen LogP contribution in [0.2, 0.25) is 0 Å². The van der Waals surface area contributed by atoms with Gasteiger partial charge in [-0.1, -0.05) is 0 Å². The molecule has 1 saturated heterocycles. The van der Waals surface area contributed by atoms with E-state index in [-0.39, 0.29) is 12.1 Å². The Morgan fingerprint density at radius 2 is 2.29 bits per heavy atom. The number of nitrogens with one attached hydrogen (secondary N) is 1. The number of nitrogens with zero attached hydrogens (tertiary/aromatic N) is 3. The van der Waals surface area contributed by atoms with Gasteiger partial charge in [-0.15, -0.1) is 0 Å². The highest BCUT2D eigenvalue weighted by molar-refractivity contribution is 5.94. The number of aromatic nitrogens is 2. The Hall–Kier alpha value is -1.49. The van der Waals surface area contributed by atoms with Crippen LogP contribution in [0.1, 0.15) is 16.2 Å². The Morgan fingerprint density at radius 3 is 3.21 bits per heavy atom. The molecule has 72 valence electrons. The van der Waals surface area contributed by atoms with E-state index in [1.165, 1.54) is 0 Å². The number of carbonyl (C=O) groups is 1. The van der Waals surface area contributed by atoms with Crippen molar-refractivity contribution >= 4 is 5.91 Å². The smallest absolute Gasteiger partial charge is 0.275 e. The molecule has 1 aromatic heterocycles. The maximum absolute atomic E-state index is 11.9. The van der Waals surface area contributed by atoms with Crippen molar-refractivity contribution in [2.75, 3.05) is 13.1 Å². The molecule has 2 aliphatic heterocycles. The van der Waals surface area contributed by atoms with E-state index in [1.54, 1.807) is 12.4 Å². The van der Waals surface area contributed by atoms with Gasteiger partial charge in [0.25, 0.3) is 5.91 Å². The number of carbonyl (C=O) groups excluding carboxylic acids is 1. The number of hydrogen-bond acceptors (Lipinski definition) is 4. The maximum atomic E-state index is 11.9. The predicted octanol–water partition coefficient (Wildman–Crippen LogP) is -0.596. The molecule has 5 heteroatoms. The van der Waals surface area contributed by atoms with Crippen molar-refractivity contribution in [2.45, 2.75) is 12.6 Å². The molecule has 1 atom stereocenters. The molecule has 3 rings (SSSR count). The van der Waals surface area contributed by atoms with E-state index < -0.39 is 0 Å². The van der Waals surface area contributed by atoms with Gasteiger partial charge in [0.15, 0.2) is 0 Å². The number of hydrogen-bond donors (Lipinski definition) is 1. The van der Waals surface area contributed by atoms with Gasteiger partial charge in [-0.05, 0) is 0 Å². The van der Waals surface area contributed by atoms with Crippen LogP contribution in [-0.4, -0.2) is 40.0 Å². The molecule has 1 amide bonds. The van der Waals surface area contributed by atoms with Gasteiger partial charge in [-0.25, -0.2) is 4.98 Å². The van der Waals surface area contributed by atoms with Crippen molar-refractivity contribution < 1.29 is 4.79 Å². The zero-order chi connectivity index (χ0) is 9.54. The standard InChI is InChI=1S/C9H10N4O/c14-9-8-6(10-1-2-12-8)5-7-11-3-4-13(7)9/h1-2,7,11H,3-5H2. The van der Waals surface area contributed by atoms with Gasteiger partial charge in [0.05, 0.1) is 11.9 Å². The van der Waals surface area contributed by atoms with Crippen molar-refractivity contribution in [3.8, 4) is 0 Å². The van der Waals surface area contributed by atoms with Crippen LogP contribution in [0.25, 0.3) is 0 Å². The van der Waals surface area contributed by atoms with Crippen molar-refractivity contribution in [1.82, 2.24) is 20.2 Å². The second-order valence-electron chi connectivity index (χ2n) is 3.52. The molecule has 14 heavy (non-hydrogen) atoms. The minimum Gasteiger partial charge on any atom is -0.320 e. The van der Waals surface area contributed by atoms with E-state index >= 15 is 0 Å². The number of rotatable bonds is 0. The van der Waals surface area contributed by atoms with Crippen molar-refractivity contribution in [3.63, 3.8) is 0 Å². The Kier molecular flexibility index (Phi) is 1.55. The quantitative estimate of drug-likeness (QED) is 0.593. The lowest BCUT2D eigenvalue weighted by atomic mass is 10.1. The van der Waals surface area contributed by atoms with Gasteiger partial charge in [0.2, 0.25) is 0 Å². The van der Waals surface area contributed by atoms with E-state index in [4.69, 9.17) is 0 Å².